The first-order valence-corrected chi connectivity index (χ1v) is 11.5. The van der Waals surface area contributed by atoms with Gasteiger partial charge in [-0.1, -0.05) is 58.9 Å². The van der Waals surface area contributed by atoms with Gasteiger partial charge in [-0.25, -0.2) is 0 Å². The number of amides is 1. The summed E-state index contributed by atoms with van der Waals surface area (Å²) >= 11 is 0. The maximum Gasteiger partial charge on any atom is 0.224 e. The Morgan fingerprint density at radius 2 is 1.66 bits per heavy atom. The standard InChI is InChI=1S/C28H37NO3/c1-16(2)19-10-12-20(13-11-19)25(31)23-18(4)24(29-22(30)15-27(5,6)7)17(3)21-14-28(8,9)32-26(21)23/h10-13,16H,14-15H2,1-9H3,(H,29,30). The van der Waals surface area contributed by atoms with Gasteiger partial charge in [-0.2, -0.15) is 0 Å². The summed E-state index contributed by atoms with van der Waals surface area (Å²) in [6.07, 6.45) is 1.11. The van der Waals surface area contributed by atoms with Gasteiger partial charge in [0.1, 0.15) is 11.4 Å². The molecule has 0 spiro atoms. The lowest BCUT2D eigenvalue weighted by Gasteiger charge is -2.22. The molecule has 1 amide bonds. The molecule has 2 aromatic carbocycles. The molecule has 0 atom stereocenters. The second kappa shape index (κ2) is 8.38. The molecule has 1 aliphatic heterocycles. The third-order valence-corrected chi connectivity index (χ3v) is 6.08. The summed E-state index contributed by atoms with van der Waals surface area (Å²) in [4.78, 5) is 26.5. The van der Waals surface area contributed by atoms with Crippen molar-refractivity contribution in [3.63, 3.8) is 0 Å². The number of carbonyl (C=O) groups excluding carboxylic acids is 2. The van der Waals surface area contributed by atoms with Gasteiger partial charge in [-0.05, 0) is 55.7 Å². The van der Waals surface area contributed by atoms with Crippen LogP contribution in [0.2, 0.25) is 0 Å². The second-order valence-corrected chi connectivity index (χ2v) is 11.2. The van der Waals surface area contributed by atoms with E-state index in [1.54, 1.807) is 0 Å². The first-order chi connectivity index (χ1) is 14.7. The lowest BCUT2D eigenvalue weighted by atomic mass is 9.88. The molecule has 4 heteroatoms. The van der Waals surface area contributed by atoms with Gasteiger partial charge in [0.25, 0.3) is 0 Å². The van der Waals surface area contributed by atoms with Crippen molar-refractivity contribution in [1.82, 2.24) is 0 Å². The van der Waals surface area contributed by atoms with Gasteiger partial charge in [-0.3, -0.25) is 9.59 Å². The van der Waals surface area contributed by atoms with Crippen molar-refractivity contribution < 1.29 is 14.3 Å². The molecule has 0 saturated carbocycles. The lowest BCUT2D eigenvalue weighted by Crippen LogP contribution is -2.25. The molecule has 4 nitrogen and oxygen atoms in total. The molecule has 0 unspecified atom stereocenters. The number of fused-ring (bicyclic) bond motifs is 1. The van der Waals surface area contributed by atoms with Crippen LogP contribution in [0.1, 0.15) is 99.0 Å². The Hall–Kier alpha value is -2.62. The third-order valence-electron chi connectivity index (χ3n) is 6.08. The number of hydrogen-bond acceptors (Lipinski definition) is 3. The first-order valence-electron chi connectivity index (χ1n) is 11.5. The maximum absolute atomic E-state index is 13.7. The molecule has 1 heterocycles. The predicted molar refractivity (Wildman–Crippen MR) is 131 cm³/mol. The lowest BCUT2D eigenvalue weighted by molar-refractivity contribution is -0.117. The van der Waals surface area contributed by atoms with Crippen LogP contribution in [0.15, 0.2) is 24.3 Å². The van der Waals surface area contributed by atoms with Crippen molar-refractivity contribution >= 4 is 17.4 Å². The minimum atomic E-state index is -0.399. The Kier molecular flexibility index (Phi) is 6.29. The largest absolute Gasteiger partial charge is 0.486 e. The van der Waals surface area contributed by atoms with E-state index < -0.39 is 5.60 Å². The van der Waals surface area contributed by atoms with E-state index in [-0.39, 0.29) is 17.1 Å². The Labute approximate surface area is 192 Å². The van der Waals surface area contributed by atoms with Crippen molar-refractivity contribution in [2.75, 3.05) is 5.32 Å². The topological polar surface area (TPSA) is 55.4 Å². The van der Waals surface area contributed by atoms with Crippen LogP contribution in [0.4, 0.5) is 5.69 Å². The number of carbonyl (C=O) groups is 2. The number of ketones is 1. The molecule has 0 aromatic heterocycles. The Bertz CT molecular complexity index is 1050. The smallest absolute Gasteiger partial charge is 0.224 e. The Morgan fingerprint density at radius 1 is 1.06 bits per heavy atom. The molecule has 0 aliphatic carbocycles. The normalized spacial score (nSPS) is 14.8. The second-order valence-electron chi connectivity index (χ2n) is 11.2. The summed E-state index contributed by atoms with van der Waals surface area (Å²) in [5.41, 5.74) is 5.35. The average molecular weight is 436 g/mol. The number of benzene rings is 2. The summed E-state index contributed by atoms with van der Waals surface area (Å²) in [5, 5.41) is 3.12. The molecule has 0 saturated heterocycles. The molecule has 2 aromatic rings. The molecule has 0 bridgehead atoms. The Balaban J connectivity index is 2.12. The molecular weight excluding hydrogens is 398 g/mol. The van der Waals surface area contributed by atoms with Gasteiger partial charge in [0.15, 0.2) is 5.78 Å². The van der Waals surface area contributed by atoms with E-state index in [0.717, 1.165) is 22.4 Å². The van der Waals surface area contributed by atoms with E-state index in [1.807, 2.05) is 72.7 Å². The van der Waals surface area contributed by atoms with E-state index in [2.05, 4.69) is 19.2 Å². The Morgan fingerprint density at radius 3 is 2.19 bits per heavy atom. The molecule has 0 radical (unpaired) electrons. The number of hydrogen-bond donors (Lipinski definition) is 1. The van der Waals surface area contributed by atoms with Gasteiger partial charge in [-0.15, -0.1) is 0 Å². The quantitative estimate of drug-likeness (QED) is 0.529. The van der Waals surface area contributed by atoms with E-state index in [4.69, 9.17) is 4.74 Å². The molecule has 32 heavy (non-hydrogen) atoms. The van der Waals surface area contributed by atoms with Gasteiger partial charge in [0.2, 0.25) is 5.91 Å². The fourth-order valence-electron chi connectivity index (χ4n) is 4.40. The van der Waals surface area contributed by atoms with Crippen LogP contribution in [0, 0.1) is 19.3 Å². The zero-order valence-corrected chi connectivity index (χ0v) is 21.0. The van der Waals surface area contributed by atoms with Crippen LogP contribution in [0.3, 0.4) is 0 Å². The minimum absolute atomic E-state index is 0.0403. The summed E-state index contributed by atoms with van der Waals surface area (Å²) < 4.78 is 6.30. The van der Waals surface area contributed by atoms with Crippen LogP contribution < -0.4 is 10.1 Å². The number of ether oxygens (including phenoxy) is 1. The average Bonchev–Trinajstić information content (AvgIpc) is 2.99. The van der Waals surface area contributed by atoms with E-state index >= 15 is 0 Å². The highest BCUT2D eigenvalue weighted by atomic mass is 16.5. The van der Waals surface area contributed by atoms with E-state index in [0.29, 0.717) is 35.6 Å². The summed E-state index contributed by atoms with van der Waals surface area (Å²) in [6.45, 7) is 18.4. The maximum atomic E-state index is 13.7. The summed E-state index contributed by atoms with van der Waals surface area (Å²) in [6, 6.07) is 7.81. The highest BCUT2D eigenvalue weighted by molar-refractivity contribution is 6.13. The summed E-state index contributed by atoms with van der Waals surface area (Å²) in [7, 11) is 0. The van der Waals surface area contributed by atoms with Crippen LogP contribution in [-0.4, -0.2) is 17.3 Å². The zero-order chi connectivity index (χ0) is 24.0. The summed E-state index contributed by atoms with van der Waals surface area (Å²) in [5.74, 6) is 0.953. The van der Waals surface area contributed by atoms with E-state index in [9.17, 15) is 9.59 Å². The number of rotatable bonds is 5. The first kappa shape index (κ1) is 24.0. The van der Waals surface area contributed by atoms with Gasteiger partial charge < -0.3 is 10.1 Å². The van der Waals surface area contributed by atoms with Crippen molar-refractivity contribution in [2.24, 2.45) is 5.41 Å². The van der Waals surface area contributed by atoms with Crippen LogP contribution in [0.5, 0.6) is 5.75 Å². The SMILES string of the molecule is Cc1c2c(c(C(=O)c3ccc(C(C)C)cc3)c(C)c1NC(=O)CC(C)(C)C)OC(C)(C)C2. The zero-order valence-electron chi connectivity index (χ0n) is 21.0. The van der Waals surface area contributed by atoms with Gasteiger partial charge >= 0.3 is 0 Å². The highest BCUT2D eigenvalue weighted by Crippen LogP contribution is 2.45. The van der Waals surface area contributed by atoms with Gasteiger partial charge in [0, 0.05) is 29.7 Å². The fourth-order valence-corrected chi connectivity index (χ4v) is 4.40. The van der Waals surface area contributed by atoms with Crippen LogP contribution in [-0.2, 0) is 11.2 Å². The molecule has 1 N–H and O–H groups in total. The molecule has 0 fully saturated rings. The predicted octanol–water partition coefficient (Wildman–Crippen LogP) is 6.75. The van der Waals surface area contributed by atoms with E-state index in [1.165, 1.54) is 5.56 Å². The number of nitrogens with one attached hydrogen (secondary N) is 1. The van der Waals surface area contributed by atoms with Crippen molar-refractivity contribution in [1.29, 1.82) is 0 Å². The molecular formula is C28H37NO3. The molecule has 1 aliphatic rings. The third kappa shape index (κ3) is 4.90. The van der Waals surface area contributed by atoms with Crippen LogP contribution >= 0.6 is 0 Å². The number of anilines is 1. The fraction of sp³-hybridized carbons (Fsp3) is 0.500. The van der Waals surface area contributed by atoms with Crippen molar-refractivity contribution in [2.45, 2.75) is 86.7 Å². The minimum Gasteiger partial charge on any atom is -0.486 e. The molecule has 172 valence electrons. The molecule has 3 rings (SSSR count). The van der Waals surface area contributed by atoms with Gasteiger partial charge in [0.05, 0.1) is 5.56 Å². The monoisotopic (exact) mass is 435 g/mol. The highest BCUT2D eigenvalue weighted by Gasteiger charge is 2.37. The van der Waals surface area contributed by atoms with Crippen molar-refractivity contribution in [3.8, 4) is 5.75 Å². The van der Waals surface area contributed by atoms with Crippen molar-refractivity contribution in [3.05, 3.63) is 57.6 Å². The van der Waals surface area contributed by atoms with Crippen LogP contribution in [0.25, 0.3) is 0 Å².